The first-order valence-corrected chi connectivity index (χ1v) is 16.7. The second kappa shape index (κ2) is 17.9. The number of aliphatic hydroxyl groups excluding tert-OH is 1. The van der Waals surface area contributed by atoms with Crippen LogP contribution in [0, 0.1) is 23.7 Å². The highest BCUT2D eigenvalue weighted by Gasteiger charge is 2.42. The highest BCUT2D eigenvalue weighted by Crippen LogP contribution is 2.37. The summed E-state index contributed by atoms with van der Waals surface area (Å²) in [6, 6.07) is 0. The van der Waals surface area contributed by atoms with Crippen LogP contribution in [0.2, 0.25) is 0 Å². The van der Waals surface area contributed by atoms with Gasteiger partial charge in [-0.25, -0.2) is 4.79 Å². The van der Waals surface area contributed by atoms with E-state index in [1.54, 1.807) is 0 Å². The fourth-order valence-corrected chi connectivity index (χ4v) is 6.15. The molecule has 3 heterocycles. The quantitative estimate of drug-likeness (QED) is 0.168. The van der Waals surface area contributed by atoms with E-state index in [9.17, 15) is 29.1 Å². The van der Waals surface area contributed by atoms with Gasteiger partial charge in [-0.3, -0.25) is 28.7 Å². The zero-order valence-electron chi connectivity index (χ0n) is 28.1. The van der Waals surface area contributed by atoms with Crippen molar-refractivity contribution in [1.29, 1.82) is 0 Å². The number of ether oxygens (including phenoxy) is 4. The maximum Gasteiger partial charge on any atom is 0.328 e. The fraction of sp³-hybridized carbons (Fsp3) is 0.788. The van der Waals surface area contributed by atoms with Crippen LogP contribution in [0.25, 0.3) is 0 Å². The summed E-state index contributed by atoms with van der Waals surface area (Å²) < 4.78 is 24.4. The van der Waals surface area contributed by atoms with Crippen LogP contribution in [0.1, 0.15) is 98.2 Å². The summed E-state index contributed by atoms with van der Waals surface area (Å²) in [5.41, 5.74) is -1.09. The van der Waals surface area contributed by atoms with E-state index in [0.29, 0.717) is 57.6 Å². The van der Waals surface area contributed by atoms with Gasteiger partial charge < -0.3 is 29.4 Å². The third-order valence-electron chi connectivity index (χ3n) is 9.60. The maximum absolute atomic E-state index is 12.4. The van der Waals surface area contributed by atoms with Crippen LogP contribution in [0.15, 0.2) is 15.8 Å². The fourth-order valence-electron chi connectivity index (χ4n) is 6.15. The first-order valence-electron chi connectivity index (χ1n) is 16.7. The average molecular weight is 652 g/mol. The van der Waals surface area contributed by atoms with Crippen LogP contribution in [0.4, 0.5) is 0 Å². The normalized spacial score (nSPS) is 29.4. The molecule has 13 nitrogen and oxygen atoms in total. The zero-order chi connectivity index (χ0) is 34.0. The minimum atomic E-state index is -0.877. The van der Waals surface area contributed by atoms with Gasteiger partial charge in [0.25, 0.3) is 5.56 Å². The number of carbonyl (C=O) groups is 3. The number of hydrogen-bond acceptors (Lipinski definition) is 10. The number of aliphatic hydroxyl groups is 1. The van der Waals surface area contributed by atoms with Gasteiger partial charge in [0.05, 0.1) is 23.9 Å². The van der Waals surface area contributed by atoms with Crippen molar-refractivity contribution in [3.05, 3.63) is 32.6 Å². The number of Topliss-reactive ketones (excluding diaryl/α,β-unsaturated/α-hetero) is 1. The molecule has 1 aromatic heterocycles. The third kappa shape index (κ3) is 10.3. The molecule has 1 amide bonds. The maximum atomic E-state index is 12.4. The second-order valence-electron chi connectivity index (χ2n) is 12.9. The molecular formula is C33H53N3O10. The topological polar surface area (TPSA) is 175 Å². The lowest BCUT2D eigenvalue weighted by Gasteiger charge is -2.43. The van der Waals surface area contributed by atoms with E-state index in [-0.39, 0.29) is 79.0 Å². The summed E-state index contributed by atoms with van der Waals surface area (Å²) in [5.74, 6) is 0.103. The van der Waals surface area contributed by atoms with Gasteiger partial charge in [0, 0.05) is 63.9 Å². The highest BCUT2D eigenvalue weighted by atomic mass is 16.7. The van der Waals surface area contributed by atoms with Gasteiger partial charge in [-0.1, -0.05) is 34.6 Å². The van der Waals surface area contributed by atoms with Crippen molar-refractivity contribution >= 4 is 17.7 Å². The Hall–Kier alpha value is -2.87. The molecule has 1 aromatic rings. The van der Waals surface area contributed by atoms with E-state index in [1.165, 1.54) is 17.7 Å². The van der Waals surface area contributed by atoms with Crippen LogP contribution in [0.3, 0.4) is 0 Å². The molecule has 0 aromatic carbocycles. The van der Waals surface area contributed by atoms with Gasteiger partial charge in [0.15, 0.2) is 6.29 Å². The number of aromatic amines is 1. The third-order valence-corrected chi connectivity index (χ3v) is 9.60. The lowest BCUT2D eigenvalue weighted by atomic mass is 9.79. The number of nitrogens with zero attached hydrogens (tertiary/aromatic N) is 1. The predicted molar refractivity (Wildman–Crippen MR) is 169 cm³/mol. The number of hydrogen-bond donors (Lipinski definition) is 3. The molecule has 2 fully saturated rings. The predicted octanol–water partition coefficient (Wildman–Crippen LogP) is 2.62. The summed E-state index contributed by atoms with van der Waals surface area (Å²) in [6.07, 6.45) is 2.22. The largest absolute Gasteiger partial charge is 0.463 e. The van der Waals surface area contributed by atoms with Crippen LogP contribution >= 0.6 is 0 Å². The van der Waals surface area contributed by atoms with Gasteiger partial charge in [-0.2, -0.15) is 0 Å². The molecule has 0 radical (unpaired) electrons. The number of aryl methyl sites for hydroxylation is 1. The smallest absolute Gasteiger partial charge is 0.328 e. The second-order valence-corrected chi connectivity index (χ2v) is 12.9. The molecule has 0 spiro atoms. The standard InChI is InChI=1S/C33H53N3O10/c1-7-26-22(5)29(40)30(45-26)25-17-36(33(42)35-31(25)41)15-13-28(39)34-14-10-12-24(38)11-8-9-16-43-32-21(4)19(2)20(3)27(46-32)18-44-23(6)37/h17,19-22,26-27,29-30,32,40H,7-16,18H2,1-6H3,(H,34,39)(H,35,41,42)/t19?,20?,21?,22-,26+,27?,29?,30-,32?/m0/s1. The van der Waals surface area contributed by atoms with Crippen molar-refractivity contribution in [2.75, 3.05) is 19.8 Å². The Bertz CT molecular complexity index is 1280. The van der Waals surface area contributed by atoms with E-state index in [0.717, 1.165) is 0 Å². The molecule has 3 rings (SSSR count). The van der Waals surface area contributed by atoms with Crippen molar-refractivity contribution < 1.29 is 38.4 Å². The number of rotatable bonds is 17. The average Bonchev–Trinajstić information content (AvgIpc) is 3.30. The number of amides is 1. The monoisotopic (exact) mass is 651 g/mol. The SMILES string of the molecule is CC[C@H]1O[C@@H](c2cn(CCC(=O)NCCCC(=O)CCCCOC3OC(COC(C)=O)C(C)C(C)C3C)c(=O)[nH]c2=O)C(O)[C@H]1C. The van der Waals surface area contributed by atoms with Gasteiger partial charge >= 0.3 is 11.7 Å². The summed E-state index contributed by atoms with van der Waals surface area (Å²) in [5, 5.41) is 13.4. The number of carbonyl (C=O) groups excluding carboxylic acids is 3. The zero-order valence-corrected chi connectivity index (χ0v) is 28.1. The van der Waals surface area contributed by atoms with Gasteiger partial charge in [-0.05, 0) is 37.5 Å². The molecule has 9 atom stereocenters. The molecule has 0 bridgehead atoms. The first kappa shape index (κ1) is 37.6. The minimum absolute atomic E-state index is 0.00686. The van der Waals surface area contributed by atoms with Crippen LogP contribution in [-0.2, 0) is 39.9 Å². The molecule has 0 aliphatic carbocycles. The summed E-state index contributed by atoms with van der Waals surface area (Å²) in [6.45, 7) is 12.6. The Kier molecular flexibility index (Phi) is 14.6. The number of nitrogens with one attached hydrogen (secondary N) is 2. The molecule has 2 aliphatic rings. The molecule has 2 saturated heterocycles. The number of ketones is 1. The summed E-state index contributed by atoms with van der Waals surface area (Å²) in [4.78, 5) is 63.0. The molecule has 260 valence electrons. The Morgan fingerprint density at radius 2 is 1.67 bits per heavy atom. The summed E-state index contributed by atoms with van der Waals surface area (Å²) >= 11 is 0. The number of unbranched alkanes of at least 4 members (excludes halogenated alkanes) is 1. The number of esters is 1. The molecule has 6 unspecified atom stereocenters. The number of H-pyrrole nitrogens is 1. The molecular weight excluding hydrogens is 598 g/mol. The highest BCUT2D eigenvalue weighted by molar-refractivity contribution is 5.78. The Balaban J connectivity index is 1.31. The first-order chi connectivity index (χ1) is 21.8. The van der Waals surface area contributed by atoms with Crippen molar-refractivity contribution in [1.82, 2.24) is 14.9 Å². The minimum Gasteiger partial charge on any atom is -0.463 e. The van der Waals surface area contributed by atoms with Gasteiger partial charge in [0.2, 0.25) is 5.91 Å². The molecule has 3 N–H and O–H groups in total. The molecule has 2 aliphatic heterocycles. The van der Waals surface area contributed by atoms with Crippen LogP contribution in [0.5, 0.6) is 0 Å². The molecule has 13 heteroatoms. The van der Waals surface area contributed by atoms with Crippen molar-refractivity contribution in [2.45, 2.75) is 124 Å². The van der Waals surface area contributed by atoms with Crippen LogP contribution in [-0.4, -0.2) is 76.7 Å². The Labute approximate surface area is 270 Å². The van der Waals surface area contributed by atoms with Gasteiger partial charge in [-0.15, -0.1) is 0 Å². The molecule has 0 saturated carbocycles. The molecule has 46 heavy (non-hydrogen) atoms. The van der Waals surface area contributed by atoms with Crippen molar-refractivity contribution in [3.8, 4) is 0 Å². The van der Waals surface area contributed by atoms with E-state index in [4.69, 9.17) is 18.9 Å². The Morgan fingerprint density at radius 3 is 2.35 bits per heavy atom. The Morgan fingerprint density at radius 1 is 0.957 bits per heavy atom. The van der Waals surface area contributed by atoms with E-state index < -0.39 is 23.5 Å². The van der Waals surface area contributed by atoms with Crippen LogP contribution < -0.4 is 16.6 Å². The van der Waals surface area contributed by atoms with E-state index >= 15 is 0 Å². The van der Waals surface area contributed by atoms with E-state index in [1.807, 2.05) is 13.8 Å². The van der Waals surface area contributed by atoms with E-state index in [2.05, 4.69) is 31.1 Å². The lowest BCUT2D eigenvalue weighted by Crippen LogP contribution is -2.47. The number of aromatic nitrogens is 2. The van der Waals surface area contributed by atoms with Crippen molar-refractivity contribution in [3.63, 3.8) is 0 Å². The van der Waals surface area contributed by atoms with Gasteiger partial charge in [0.1, 0.15) is 18.5 Å². The lowest BCUT2D eigenvalue weighted by molar-refractivity contribution is -0.255. The van der Waals surface area contributed by atoms with Crippen molar-refractivity contribution in [2.24, 2.45) is 23.7 Å². The summed E-state index contributed by atoms with van der Waals surface area (Å²) in [7, 11) is 0.